The Morgan fingerprint density at radius 1 is 0.970 bits per heavy atom. The summed E-state index contributed by atoms with van der Waals surface area (Å²) in [6, 6.07) is 16.9. The second-order valence-electron chi connectivity index (χ2n) is 7.87. The van der Waals surface area contributed by atoms with Gasteiger partial charge in [-0.1, -0.05) is 36.4 Å². The molecule has 176 valence electrons. The molecule has 0 aliphatic heterocycles. The molecule has 0 aliphatic rings. The molecule has 8 heteroatoms. The molecular formula is C25H31N3O4S. The fraction of sp³-hybridized carbons (Fsp3) is 0.360. The van der Waals surface area contributed by atoms with Crippen molar-refractivity contribution >= 4 is 40.8 Å². The van der Waals surface area contributed by atoms with E-state index in [1.54, 1.807) is 24.3 Å². The van der Waals surface area contributed by atoms with E-state index in [0.29, 0.717) is 24.3 Å². The number of hydrogen-bond acceptors (Lipinski definition) is 5. The van der Waals surface area contributed by atoms with Gasteiger partial charge in [0.05, 0.1) is 6.61 Å². The molecule has 7 nitrogen and oxygen atoms in total. The quantitative estimate of drug-likeness (QED) is 0.262. The summed E-state index contributed by atoms with van der Waals surface area (Å²) in [4.78, 5) is 36.0. The van der Waals surface area contributed by atoms with E-state index in [1.165, 1.54) is 5.56 Å². The summed E-state index contributed by atoms with van der Waals surface area (Å²) in [6.07, 6.45) is 2.31. The van der Waals surface area contributed by atoms with Gasteiger partial charge in [-0.2, -0.15) is 0 Å². The normalized spacial score (nSPS) is 10.4. The third kappa shape index (κ3) is 10.7. The molecule has 3 N–H and O–H groups in total. The molecule has 0 saturated carbocycles. The monoisotopic (exact) mass is 469 g/mol. The van der Waals surface area contributed by atoms with Gasteiger partial charge in [-0.3, -0.25) is 14.4 Å². The average molecular weight is 470 g/mol. The summed E-state index contributed by atoms with van der Waals surface area (Å²) >= 11 is 5.17. The molecule has 2 rings (SSSR count). The molecule has 33 heavy (non-hydrogen) atoms. The van der Waals surface area contributed by atoms with Crippen molar-refractivity contribution in [3.63, 3.8) is 0 Å². The van der Waals surface area contributed by atoms with Crippen LogP contribution in [0.1, 0.15) is 55.5 Å². The molecule has 2 aromatic rings. The van der Waals surface area contributed by atoms with Crippen molar-refractivity contribution in [1.82, 2.24) is 10.6 Å². The number of nitrogens with one attached hydrogen (secondary N) is 3. The van der Waals surface area contributed by atoms with E-state index in [0.717, 1.165) is 12.8 Å². The van der Waals surface area contributed by atoms with E-state index < -0.39 is 0 Å². The highest BCUT2D eigenvalue weighted by Gasteiger charge is 2.10. The molecule has 0 saturated heterocycles. The zero-order chi connectivity index (χ0) is 24.1. The van der Waals surface area contributed by atoms with Gasteiger partial charge in [0.15, 0.2) is 5.11 Å². The summed E-state index contributed by atoms with van der Waals surface area (Å²) in [6.45, 7) is 4.13. The van der Waals surface area contributed by atoms with Crippen molar-refractivity contribution in [2.75, 3.05) is 11.9 Å². The molecular weight excluding hydrogens is 438 g/mol. The van der Waals surface area contributed by atoms with Crippen molar-refractivity contribution in [3.8, 4) is 0 Å². The minimum atomic E-state index is -0.312. The third-order valence-electron chi connectivity index (χ3n) is 4.56. The zero-order valence-corrected chi connectivity index (χ0v) is 19.9. The second-order valence-corrected chi connectivity index (χ2v) is 8.28. The number of thiocarbonyl (C=S) groups is 1. The Kier molecular flexibility index (Phi) is 11.0. The summed E-state index contributed by atoms with van der Waals surface area (Å²) in [7, 11) is 0. The first-order chi connectivity index (χ1) is 15.8. The molecule has 0 unspecified atom stereocenters. The summed E-state index contributed by atoms with van der Waals surface area (Å²) in [5.74, 6) is -0.790. The number of rotatable bonds is 11. The highest BCUT2D eigenvalue weighted by molar-refractivity contribution is 7.80. The van der Waals surface area contributed by atoms with Crippen molar-refractivity contribution in [2.45, 2.75) is 52.0 Å². The van der Waals surface area contributed by atoms with Gasteiger partial charge in [0.1, 0.15) is 0 Å². The van der Waals surface area contributed by atoms with Crippen LogP contribution in [0.15, 0.2) is 54.6 Å². The van der Waals surface area contributed by atoms with Crippen LogP contribution in [0.5, 0.6) is 0 Å². The Labute approximate surface area is 200 Å². The van der Waals surface area contributed by atoms with Gasteiger partial charge in [0.2, 0.25) is 5.91 Å². The van der Waals surface area contributed by atoms with Crippen LogP contribution in [0.3, 0.4) is 0 Å². The Hall–Kier alpha value is -3.26. The smallest absolute Gasteiger partial charge is 0.305 e. The number of anilines is 1. The minimum Gasteiger partial charge on any atom is -0.466 e. The minimum absolute atomic E-state index is 0.0288. The second kappa shape index (κ2) is 14.0. The maximum absolute atomic E-state index is 12.1. The summed E-state index contributed by atoms with van der Waals surface area (Å²) < 4.78 is 5.22. The van der Waals surface area contributed by atoms with E-state index in [-0.39, 0.29) is 41.8 Å². The molecule has 0 aromatic heterocycles. The molecule has 0 fully saturated rings. The maximum Gasteiger partial charge on any atom is 0.305 e. The lowest BCUT2D eigenvalue weighted by Gasteiger charge is -2.12. The molecule has 0 aliphatic carbocycles. The highest BCUT2D eigenvalue weighted by Crippen LogP contribution is 2.11. The Morgan fingerprint density at radius 2 is 1.73 bits per heavy atom. The summed E-state index contributed by atoms with van der Waals surface area (Å²) in [5, 5.41) is 8.43. The predicted molar refractivity (Wildman–Crippen MR) is 133 cm³/mol. The Balaban J connectivity index is 1.62. The molecule has 2 amide bonds. The van der Waals surface area contributed by atoms with Gasteiger partial charge < -0.3 is 20.7 Å². The zero-order valence-electron chi connectivity index (χ0n) is 19.1. The first-order valence-corrected chi connectivity index (χ1v) is 11.5. The number of aryl methyl sites for hydroxylation is 1. The maximum atomic E-state index is 12.1. The Morgan fingerprint density at radius 3 is 2.45 bits per heavy atom. The van der Waals surface area contributed by atoms with Gasteiger partial charge in [-0.15, -0.1) is 0 Å². The molecule has 0 atom stereocenters. The van der Waals surface area contributed by atoms with Crippen molar-refractivity contribution in [2.24, 2.45) is 0 Å². The van der Waals surface area contributed by atoms with Crippen molar-refractivity contribution in [1.29, 1.82) is 0 Å². The lowest BCUT2D eigenvalue weighted by atomic mass is 10.1. The fourth-order valence-corrected chi connectivity index (χ4v) is 3.24. The molecule has 0 spiro atoms. The first kappa shape index (κ1) is 26.0. The van der Waals surface area contributed by atoms with Crippen LogP contribution < -0.4 is 16.0 Å². The van der Waals surface area contributed by atoms with Crippen LogP contribution in [-0.4, -0.2) is 35.5 Å². The van der Waals surface area contributed by atoms with E-state index in [9.17, 15) is 14.4 Å². The molecule has 0 bridgehead atoms. The van der Waals surface area contributed by atoms with Crippen LogP contribution >= 0.6 is 12.2 Å². The number of ether oxygens (including phenoxy) is 1. The van der Waals surface area contributed by atoms with E-state index in [1.807, 2.05) is 44.2 Å². The number of esters is 1. The topological polar surface area (TPSA) is 96.5 Å². The van der Waals surface area contributed by atoms with Gasteiger partial charge in [0, 0.05) is 30.1 Å². The first-order valence-electron chi connectivity index (χ1n) is 11.0. The van der Waals surface area contributed by atoms with Crippen LogP contribution in [0.4, 0.5) is 5.69 Å². The number of carbonyl (C=O) groups is 3. The van der Waals surface area contributed by atoms with Gasteiger partial charge >= 0.3 is 5.97 Å². The van der Waals surface area contributed by atoms with Crippen LogP contribution in [0.2, 0.25) is 0 Å². The fourth-order valence-electron chi connectivity index (χ4n) is 3.01. The average Bonchev–Trinajstić information content (AvgIpc) is 2.77. The number of benzene rings is 2. The highest BCUT2D eigenvalue weighted by atomic mass is 32.1. The Bertz CT molecular complexity index is 948. The number of hydrogen-bond donors (Lipinski definition) is 3. The van der Waals surface area contributed by atoms with Gasteiger partial charge in [0.25, 0.3) is 5.91 Å². The van der Waals surface area contributed by atoms with E-state index in [2.05, 4.69) is 16.0 Å². The summed E-state index contributed by atoms with van der Waals surface area (Å²) in [5.41, 5.74) is 2.29. The number of amides is 2. The molecule has 2 aromatic carbocycles. The lowest BCUT2D eigenvalue weighted by molar-refractivity contribution is -0.143. The third-order valence-corrected chi connectivity index (χ3v) is 4.76. The lowest BCUT2D eigenvalue weighted by Crippen LogP contribution is -2.34. The van der Waals surface area contributed by atoms with Crippen molar-refractivity contribution < 1.29 is 19.1 Å². The van der Waals surface area contributed by atoms with Crippen LogP contribution in [0.25, 0.3) is 0 Å². The van der Waals surface area contributed by atoms with Gasteiger partial charge in [-0.05, 0) is 69.1 Å². The van der Waals surface area contributed by atoms with Crippen molar-refractivity contribution in [3.05, 3.63) is 65.7 Å². The molecule has 0 heterocycles. The predicted octanol–water partition coefficient (Wildman–Crippen LogP) is 3.98. The standard InChI is InChI=1S/C25H31N3O4S/c1-18(2)26-24(31)20-12-6-13-21(17-20)27-25(33)28-22(29)14-7-15-23(30)32-16-8-11-19-9-4-3-5-10-19/h3-6,9-10,12-13,17-18H,7-8,11,14-16H2,1-2H3,(H,26,31)(H2,27,28,29,33). The SMILES string of the molecule is CC(C)NC(=O)c1cccc(NC(=S)NC(=O)CCCC(=O)OCCCc2ccccc2)c1. The van der Waals surface area contributed by atoms with Crippen LogP contribution in [-0.2, 0) is 20.7 Å². The largest absolute Gasteiger partial charge is 0.466 e. The molecule has 0 radical (unpaired) electrons. The van der Waals surface area contributed by atoms with Gasteiger partial charge in [-0.25, -0.2) is 0 Å². The van der Waals surface area contributed by atoms with E-state index in [4.69, 9.17) is 17.0 Å². The number of carbonyl (C=O) groups excluding carboxylic acids is 3. The van der Waals surface area contributed by atoms with Crippen LogP contribution in [0, 0.1) is 0 Å². The van der Waals surface area contributed by atoms with E-state index >= 15 is 0 Å².